The van der Waals surface area contributed by atoms with Crippen LogP contribution in [0.4, 0.5) is 0 Å². The summed E-state index contributed by atoms with van der Waals surface area (Å²) in [5.41, 5.74) is 2.12. The van der Waals surface area contributed by atoms with Crippen LogP contribution in [0.1, 0.15) is 35.9 Å². The normalized spacial score (nSPS) is 10.8. The molecule has 0 saturated heterocycles. The molecule has 0 radical (unpaired) electrons. The third-order valence-corrected chi connectivity index (χ3v) is 5.06. The molecule has 0 aliphatic heterocycles. The Balaban J connectivity index is 1.81. The smallest absolute Gasteiger partial charge is 0.255 e. The fourth-order valence-corrected chi connectivity index (χ4v) is 3.30. The van der Waals surface area contributed by atoms with Gasteiger partial charge in [0.1, 0.15) is 18.1 Å². The van der Waals surface area contributed by atoms with Gasteiger partial charge in [-0.15, -0.1) is 0 Å². The summed E-state index contributed by atoms with van der Waals surface area (Å²) in [4.78, 5) is 31.8. The zero-order valence-corrected chi connectivity index (χ0v) is 17.7. The number of hydrogen-bond donors (Lipinski definition) is 1. The Kier molecular flexibility index (Phi) is 7.06. The van der Waals surface area contributed by atoms with Gasteiger partial charge in [0.05, 0.1) is 30.3 Å². The largest absolute Gasteiger partial charge is 0.496 e. The van der Waals surface area contributed by atoms with Crippen molar-refractivity contribution in [2.45, 2.75) is 32.9 Å². The molecule has 7 heteroatoms. The Hall–Kier alpha value is -3.35. The van der Waals surface area contributed by atoms with E-state index in [9.17, 15) is 9.59 Å². The monoisotopic (exact) mass is 408 g/mol. The van der Waals surface area contributed by atoms with E-state index in [1.54, 1.807) is 23.1 Å². The van der Waals surface area contributed by atoms with Crippen LogP contribution in [-0.2, 0) is 17.9 Å². The van der Waals surface area contributed by atoms with Gasteiger partial charge in [0, 0.05) is 13.6 Å². The van der Waals surface area contributed by atoms with E-state index in [1.807, 2.05) is 41.9 Å². The van der Waals surface area contributed by atoms with Crippen molar-refractivity contribution in [1.29, 1.82) is 0 Å². The predicted octanol–water partition coefficient (Wildman–Crippen LogP) is 3.23. The van der Waals surface area contributed by atoms with Crippen LogP contribution in [0.25, 0.3) is 11.0 Å². The lowest BCUT2D eigenvalue weighted by Gasteiger charge is -2.18. The van der Waals surface area contributed by atoms with E-state index >= 15 is 0 Å². The fourth-order valence-electron chi connectivity index (χ4n) is 3.30. The molecule has 1 heterocycles. The third kappa shape index (κ3) is 4.79. The number of likely N-dealkylation sites (N-methyl/N-ethyl adjacent to an activating group) is 1. The lowest BCUT2D eigenvalue weighted by atomic mass is 10.2. The van der Waals surface area contributed by atoms with Gasteiger partial charge >= 0.3 is 0 Å². The summed E-state index contributed by atoms with van der Waals surface area (Å²) >= 11 is 0. The van der Waals surface area contributed by atoms with Crippen molar-refractivity contribution in [2.75, 3.05) is 20.7 Å². The summed E-state index contributed by atoms with van der Waals surface area (Å²) in [6.07, 6.45) is 2.00. The standard InChI is InChI=1S/C23H28N4O3/c1-4-5-14-26(2)22(28)16-27-19-12-8-7-11-18(19)25-21(27)15-24-23(29)17-10-6-9-13-20(17)30-3/h6-13H,4-5,14-16H2,1-3H3,(H,24,29). The molecule has 1 N–H and O–H groups in total. The maximum atomic E-state index is 12.7. The molecule has 3 rings (SSSR count). The second kappa shape index (κ2) is 9.91. The molecule has 3 aromatic rings. The lowest BCUT2D eigenvalue weighted by Crippen LogP contribution is -2.32. The van der Waals surface area contributed by atoms with Crippen molar-refractivity contribution < 1.29 is 14.3 Å². The van der Waals surface area contributed by atoms with E-state index in [0.29, 0.717) is 17.1 Å². The number of nitrogens with one attached hydrogen (secondary N) is 1. The first-order valence-corrected chi connectivity index (χ1v) is 10.1. The van der Waals surface area contributed by atoms with Gasteiger partial charge in [-0.05, 0) is 30.7 Å². The van der Waals surface area contributed by atoms with Crippen LogP contribution in [0.3, 0.4) is 0 Å². The van der Waals surface area contributed by atoms with E-state index in [4.69, 9.17) is 4.74 Å². The van der Waals surface area contributed by atoms with Crippen molar-refractivity contribution in [3.8, 4) is 5.75 Å². The maximum Gasteiger partial charge on any atom is 0.255 e. The summed E-state index contributed by atoms with van der Waals surface area (Å²) in [6.45, 7) is 3.21. The number of benzene rings is 2. The van der Waals surface area contributed by atoms with Crippen LogP contribution in [0, 0.1) is 0 Å². The first-order valence-electron chi connectivity index (χ1n) is 10.1. The number of hydrogen-bond acceptors (Lipinski definition) is 4. The van der Waals surface area contributed by atoms with Gasteiger partial charge in [0.2, 0.25) is 5.91 Å². The number of para-hydroxylation sites is 3. The fraction of sp³-hybridized carbons (Fsp3) is 0.348. The quantitative estimate of drug-likeness (QED) is 0.590. The number of methoxy groups -OCH3 is 1. The number of aromatic nitrogens is 2. The molecule has 0 atom stereocenters. The van der Waals surface area contributed by atoms with Crippen molar-refractivity contribution in [3.63, 3.8) is 0 Å². The summed E-state index contributed by atoms with van der Waals surface area (Å²) in [7, 11) is 3.35. The number of rotatable bonds is 9. The van der Waals surface area contributed by atoms with Crippen LogP contribution in [0.15, 0.2) is 48.5 Å². The molecule has 0 unspecified atom stereocenters. The molecule has 2 amide bonds. The average Bonchev–Trinajstić information content (AvgIpc) is 3.12. The minimum absolute atomic E-state index is 0.0175. The Morgan fingerprint density at radius 3 is 2.63 bits per heavy atom. The second-order valence-corrected chi connectivity index (χ2v) is 7.15. The molecule has 30 heavy (non-hydrogen) atoms. The summed E-state index contributed by atoms with van der Waals surface area (Å²) in [5, 5.41) is 2.90. The molecule has 2 aromatic carbocycles. The minimum Gasteiger partial charge on any atom is -0.496 e. The summed E-state index contributed by atoms with van der Waals surface area (Å²) < 4.78 is 7.15. The molecule has 158 valence electrons. The first-order chi connectivity index (χ1) is 14.5. The molecule has 0 spiro atoms. The molecule has 0 bridgehead atoms. The van der Waals surface area contributed by atoms with Gasteiger partial charge in [-0.1, -0.05) is 37.6 Å². The highest BCUT2D eigenvalue weighted by Crippen LogP contribution is 2.19. The minimum atomic E-state index is -0.252. The molecular formula is C23H28N4O3. The van der Waals surface area contributed by atoms with Gasteiger partial charge in [0.15, 0.2) is 0 Å². The topological polar surface area (TPSA) is 76.5 Å². The number of fused-ring (bicyclic) bond motifs is 1. The van der Waals surface area contributed by atoms with E-state index < -0.39 is 0 Å². The molecule has 7 nitrogen and oxygen atoms in total. The van der Waals surface area contributed by atoms with E-state index in [2.05, 4.69) is 17.2 Å². The first kappa shape index (κ1) is 21.4. The maximum absolute atomic E-state index is 12.7. The lowest BCUT2D eigenvalue weighted by molar-refractivity contribution is -0.130. The van der Waals surface area contributed by atoms with E-state index in [-0.39, 0.29) is 24.9 Å². The number of carbonyl (C=O) groups is 2. The van der Waals surface area contributed by atoms with Crippen LogP contribution in [-0.4, -0.2) is 47.0 Å². The molecule has 0 fully saturated rings. The van der Waals surface area contributed by atoms with Crippen LogP contribution >= 0.6 is 0 Å². The van der Waals surface area contributed by atoms with Gasteiger partial charge < -0.3 is 19.5 Å². The van der Waals surface area contributed by atoms with Crippen LogP contribution in [0.2, 0.25) is 0 Å². The van der Waals surface area contributed by atoms with Gasteiger partial charge in [-0.2, -0.15) is 0 Å². The predicted molar refractivity (Wildman–Crippen MR) is 116 cm³/mol. The number of imidazole rings is 1. The number of carbonyl (C=O) groups excluding carboxylic acids is 2. The van der Waals surface area contributed by atoms with Gasteiger partial charge in [0.25, 0.3) is 5.91 Å². The van der Waals surface area contributed by atoms with Gasteiger partial charge in [-0.25, -0.2) is 4.98 Å². The zero-order chi connectivity index (χ0) is 21.5. The highest BCUT2D eigenvalue weighted by atomic mass is 16.5. The van der Waals surface area contributed by atoms with Crippen molar-refractivity contribution in [1.82, 2.24) is 19.8 Å². The molecule has 1 aromatic heterocycles. The summed E-state index contributed by atoms with van der Waals surface area (Å²) in [5.74, 6) is 0.911. The Morgan fingerprint density at radius 1 is 1.13 bits per heavy atom. The highest BCUT2D eigenvalue weighted by Gasteiger charge is 2.17. The molecule has 0 aliphatic carbocycles. The van der Waals surface area contributed by atoms with Gasteiger partial charge in [-0.3, -0.25) is 9.59 Å². The Bertz CT molecular complexity index is 1030. The number of unbranched alkanes of at least 4 members (excludes halogenated alkanes) is 1. The molecular weight excluding hydrogens is 380 g/mol. The average molecular weight is 409 g/mol. The third-order valence-electron chi connectivity index (χ3n) is 5.06. The second-order valence-electron chi connectivity index (χ2n) is 7.15. The van der Waals surface area contributed by atoms with Crippen molar-refractivity contribution in [2.24, 2.45) is 0 Å². The number of nitrogens with zero attached hydrogens (tertiary/aromatic N) is 3. The molecule has 0 saturated carbocycles. The zero-order valence-electron chi connectivity index (χ0n) is 17.7. The molecule has 0 aliphatic rings. The van der Waals surface area contributed by atoms with Crippen molar-refractivity contribution >= 4 is 22.8 Å². The van der Waals surface area contributed by atoms with Crippen LogP contribution in [0.5, 0.6) is 5.75 Å². The van der Waals surface area contributed by atoms with E-state index in [0.717, 1.165) is 30.4 Å². The summed E-state index contributed by atoms with van der Waals surface area (Å²) in [6, 6.07) is 14.7. The van der Waals surface area contributed by atoms with E-state index in [1.165, 1.54) is 7.11 Å². The Morgan fingerprint density at radius 2 is 1.87 bits per heavy atom. The number of ether oxygens (including phenoxy) is 1. The number of amides is 2. The van der Waals surface area contributed by atoms with Crippen molar-refractivity contribution in [3.05, 3.63) is 59.9 Å². The van der Waals surface area contributed by atoms with Crippen LogP contribution < -0.4 is 10.1 Å². The highest BCUT2D eigenvalue weighted by molar-refractivity contribution is 5.96. The SMILES string of the molecule is CCCCN(C)C(=O)Cn1c(CNC(=O)c2ccccc2OC)nc2ccccc21. The Labute approximate surface area is 176 Å².